The third kappa shape index (κ3) is 5.60. The summed E-state index contributed by atoms with van der Waals surface area (Å²) in [6.45, 7) is 3.99. The molecule has 1 N–H and O–H groups in total. The summed E-state index contributed by atoms with van der Waals surface area (Å²) in [6.07, 6.45) is 2.92. The van der Waals surface area contributed by atoms with Crippen molar-refractivity contribution in [3.8, 4) is 34.1 Å². The van der Waals surface area contributed by atoms with Crippen molar-refractivity contribution < 1.29 is 19.4 Å². The fourth-order valence-electron chi connectivity index (χ4n) is 3.64. The second-order valence-corrected chi connectivity index (χ2v) is 8.13. The number of carboxylic acid groups (broad SMARTS) is 1. The molecule has 0 saturated carbocycles. The lowest BCUT2D eigenvalue weighted by Crippen LogP contribution is -2.09. The predicted octanol–water partition coefficient (Wildman–Crippen LogP) is 7.04. The van der Waals surface area contributed by atoms with E-state index >= 15 is 0 Å². The number of aryl methyl sites for hydroxylation is 1. The minimum atomic E-state index is -1.16. The Morgan fingerprint density at radius 1 is 1.03 bits per heavy atom. The standard InChI is InChI=1S/C27H24ClNO4/c1-3-4-5-6-24(30)33-23-14-13-22(27(31)32)26(28)25(23)20-10-8-19(9-11-20)21-12-7-18(16-29)15-17(21)2/h7-15H,3-6H2,1-2H3,(H,31,32). The zero-order valence-electron chi connectivity index (χ0n) is 18.5. The van der Waals surface area contributed by atoms with Gasteiger partial charge in [-0.2, -0.15) is 5.26 Å². The molecule has 0 unspecified atom stereocenters. The van der Waals surface area contributed by atoms with E-state index < -0.39 is 5.97 Å². The Morgan fingerprint density at radius 2 is 1.73 bits per heavy atom. The molecule has 3 rings (SSSR count). The first-order valence-electron chi connectivity index (χ1n) is 10.7. The van der Waals surface area contributed by atoms with Crippen LogP contribution in [0.1, 0.15) is 54.1 Å². The molecule has 0 fully saturated rings. The Kier molecular flexibility index (Phi) is 7.87. The van der Waals surface area contributed by atoms with Gasteiger partial charge in [-0.05, 0) is 59.9 Å². The van der Waals surface area contributed by atoms with Gasteiger partial charge in [-0.25, -0.2) is 4.79 Å². The molecule has 0 heterocycles. The van der Waals surface area contributed by atoms with Crippen LogP contribution >= 0.6 is 11.6 Å². The van der Waals surface area contributed by atoms with Crippen LogP contribution in [0.15, 0.2) is 54.6 Å². The Morgan fingerprint density at radius 3 is 2.33 bits per heavy atom. The van der Waals surface area contributed by atoms with E-state index in [4.69, 9.17) is 21.6 Å². The fraction of sp³-hybridized carbons (Fsp3) is 0.222. The van der Waals surface area contributed by atoms with E-state index in [1.165, 1.54) is 12.1 Å². The third-order valence-corrected chi connectivity index (χ3v) is 5.78. The highest BCUT2D eigenvalue weighted by Gasteiger charge is 2.20. The Labute approximate surface area is 198 Å². The number of carbonyl (C=O) groups excluding carboxylic acids is 1. The average molecular weight is 462 g/mol. The molecular weight excluding hydrogens is 438 g/mol. The monoisotopic (exact) mass is 461 g/mol. The topological polar surface area (TPSA) is 87.4 Å². The van der Waals surface area contributed by atoms with Crippen LogP contribution in [0.5, 0.6) is 5.75 Å². The molecule has 168 valence electrons. The molecule has 3 aromatic carbocycles. The van der Waals surface area contributed by atoms with Crippen LogP contribution in [-0.4, -0.2) is 17.0 Å². The van der Waals surface area contributed by atoms with E-state index in [9.17, 15) is 14.7 Å². The van der Waals surface area contributed by atoms with E-state index in [0.717, 1.165) is 36.0 Å². The highest BCUT2D eigenvalue weighted by molar-refractivity contribution is 6.36. The number of benzene rings is 3. The number of carboxylic acids is 1. The van der Waals surface area contributed by atoms with Crippen molar-refractivity contribution in [3.05, 3.63) is 76.3 Å². The number of halogens is 1. The Hall–Kier alpha value is -3.62. The number of hydrogen-bond acceptors (Lipinski definition) is 4. The van der Waals surface area contributed by atoms with Gasteiger partial charge in [0, 0.05) is 12.0 Å². The SMILES string of the molecule is CCCCCC(=O)Oc1ccc(C(=O)O)c(Cl)c1-c1ccc(-c2ccc(C#N)cc2C)cc1. The second kappa shape index (κ2) is 10.8. The molecule has 0 saturated heterocycles. The van der Waals surface area contributed by atoms with E-state index in [2.05, 4.69) is 13.0 Å². The summed E-state index contributed by atoms with van der Waals surface area (Å²) < 4.78 is 5.57. The number of unbranched alkanes of at least 4 members (excludes halogenated alkanes) is 2. The smallest absolute Gasteiger partial charge is 0.337 e. The van der Waals surface area contributed by atoms with Crippen LogP contribution in [0.3, 0.4) is 0 Å². The molecule has 6 heteroatoms. The van der Waals surface area contributed by atoms with Gasteiger partial charge in [0.15, 0.2) is 0 Å². The molecule has 0 radical (unpaired) electrons. The van der Waals surface area contributed by atoms with Crippen LogP contribution in [-0.2, 0) is 4.79 Å². The first-order chi connectivity index (χ1) is 15.8. The van der Waals surface area contributed by atoms with Gasteiger partial charge in [-0.1, -0.05) is 61.7 Å². The highest BCUT2D eigenvalue weighted by Crippen LogP contribution is 2.40. The average Bonchev–Trinajstić information content (AvgIpc) is 2.79. The summed E-state index contributed by atoms with van der Waals surface area (Å²) in [4.78, 5) is 24.0. The zero-order valence-corrected chi connectivity index (χ0v) is 19.3. The Balaban J connectivity index is 2.00. The van der Waals surface area contributed by atoms with E-state index in [1.54, 1.807) is 6.07 Å². The number of nitriles is 1. The molecule has 0 atom stereocenters. The van der Waals surface area contributed by atoms with Crippen molar-refractivity contribution in [2.45, 2.75) is 39.5 Å². The quantitative estimate of drug-likeness (QED) is 0.221. The Bertz CT molecular complexity index is 1230. The van der Waals surface area contributed by atoms with Crippen LogP contribution < -0.4 is 4.74 Å². The lowest BCUT2D eigenvalue weighted by atomic mass is 9.95. The summed E-state index contributed by atoms with van der Waals surface area (Å²) in [7, 11) is 0. The first-order valence-corrected chi connectivity index (χ1v) is 11.1. The van der Waals surface area contributed by atoms with Gasteiger partial charge in [-0.3, -0.25) is 4.79 Å². The largest absolute Gasteiger partial charge is 0.478 e. The number of rotatable bonds is 8. The fourth-order valence-corrected chi connectivity index (χ4v) is 3.99. The van der Waals surface area contributed by atoms with Crippen LogP contribution in [0.25, 0.3) is 22.3 Å². The molecule has 5 nitrogen and oxygen atoms in total. The normalized spacial score (nSPS) is 10.5. The molecule has 0 aliphatic carbocycles. The molecule has 0 spiro atoms. The molecule has 0 amide bonds. The van der Waals surface area contributed by atoms with Crippen LogP contribution in [0.4, 0.5) is 0 Å². The maximum Gasteiger partial charge on any atom is 0.337 e. The number of aromatic carboxylic acids is 1. The summed E-state index contributed by atoms with van der Waals surface area (Å²) in [5.74, 6) is -1.31. The van der Waals surface area contributed by atoms with Gasteiger partial charge in [0.2, 0.25) is 0 Å². The number of ether oxygens (including phenoxy) is 1. The lowest BCUT2D eigenvalue weighted by molar-refractivity contribution is -0.134. The van der Waals surface area contributed by atoms with Crippen LogP contribution in [0.2, 0.25) is 5.02 Å². The summed E-state index contributed by atoms with van der Waals surface area (Å²) in [5, 5.41) is 18.6. The van der Waals surface area contributed by atoms with Crippen molar-refractivity contribution in [1.29, 1.82) is 5.26 Å². The van der Waals surface area contributed by atoms with E-state index in [-0.39, 0.29) is 28.7 Å². The summed E-state index contributed by atoms with van der Waals surface area (Å²) in [6, 6.07) is 17.8. The maximum atomic E-state index is 12.3. The van der Waals surface area contributed by atoms with Gasteiger partial charge < -0.3 is 9.84 Å². The van der Waals surface area contributed by atoms with E-state index in [1.807, 2.05) is 43.3 Å². The second-order valence-electron chi connectivity index (χ2n) is 7.76. The summed E-state index contributed by atoms with van der Waals surface area (Å²) >= 11 is 6.47. The predicted molar refractivity (Wildman–Crippen MR) is 129 cm³/mol. The molecule has 0 aliphatic rings. The zero-order chi connectivity index (χ0) is 24.0. The molecule has 0 bridgehead atoms. The highest BCUT2D eigenvalue weighted by atomic mass is 35.5. The van der Waals surface area contributed by atoms with Gasteiger partial charge in [-0.15, -0.1) is 0 Å². The van der Waals surface area contributed by atoms with Crippen molar-refractivity contribution in [2.24, 2.45) is 0 Å². The van der Waals surface area contributed by atoms with Crippen molar-refractivity contribution in [2.75, 3.05) is 0 Å². The molecule has 0 aliphatic heterocycles. The third-order valence-electron chi connectivity index (χ3n) is 5.38. The van der Waals surface area contributed by atoms with Crippen LogP contribution in [0, 0.1) is 18.3 Å². The van der Waals surface area contributed by atoms with Gasteiger partial charge in [0.25, 0.3) is 0 Å². The number of esters is 1. The number of hydrogen-bond donors (Lipinski definition) is 1. The van der Waals surface area contributed by atoms with Crippen molar-refractivity contribution >= 4 is 23.5 Å². The van der Waals surface area contributed by atoms with Gasteiger partial charge in [0.1, 0.15) is 5.75 Å². The molecule has 33 heavy (non-hydrogen) atoms. The minimum absolute atomic E-state index is 0.0173. The molecule has 0 aromatic heterocycles. The summed E-state index contributed by atoms with van der Waals surface area (Å²) in [5.41, 5.74) is 4.41. The molecule has 3 aromatic rings. The first kappa shape index (κ1) is 24.0. The van der Waals surface area contributed by atoms with Gasteiger partial charge in [0.05, 0.1) is 22.2 Å². The van der Waals surface area contributed by atoms with Gasteiger partial charge >= 0.3 is 11.9 Å². The molecular formula is C27H24ClNO4. The maximum absolute atomic E-state index is 12.3. The van der Waals surface area contributed by atoms with E-state index in [0.29, 0.717) is 16.7 Å². The van der Waals surface area contributed by atoms with Crippen molar-refractivity contribution in [1.82, 2.24) is 0 Å². The number of nitrogens with zero attached hydrogens (tertiary/aromatic N) is 1. The van der Waals surface area contributed by atoms with Crippen molar-refractivity contribution in [3.63, 3.8) is 0 Å². The minimum Gasteiger partial charge on any atom is -0.478 e. The number of carbonyl (C=O) groups is 2. The lowest BCUT2D eigenvalue weighted by Gasteiger charge is -2.15.